The fraction of sp³-hybridized carbons (Fsp3) is 0.647. The molecule has 0 radical (unpaired) electrons. The van der Waals surface area contributed by atoms with Crippen LogP contribution < -0.4 is 5.32 Å². The van der Waals surface area contributed by atoms with Crippen molar-refractivity contribution in [3.05, 3.63) is 29.8 Å². The van der Waals surface area contributed by atoms with Crippen molar-refractivity contribution in [1.29, 1.82) is 0 Å². The number of nitrogens with one attached hydrogen (secondary N) is 1. The van der Waals surface area contributed by atoms with Gasteiger partial charge in [-0.1, -0.05) is 32.0 Å². The van der Waals surface area contributed by atoms with Gasteiger partial charge in [-0.05, 0) is 55.2 Å². The average molecular weight is 275 g/mol. The zero-order valence-electron chi connectivity index (χ0n) is 12.1. The highest BCUT2D eigenvalue weighted by atomic mass is 32.2. The number of benzene rings is 1. The summed E-state index contributed by atoms with van der Waals surface area (Å²) in [6.07, 6.45) is 4.19. The molecule has 0 spiro atoms. The van der Waals surface area contributed by atoms with Crippen molar-refractivity contribution < 1.29 is 0 Å². The van der Waals surface area contributed by atoms with Crippen molar-refractivity contribution >= 4 is 11.8 Å². The quantitative estimate of drug-likeness (QED) is 0.879. The molecule has 0 aromatic heterocycles. The van der Waals surface area contributed by atoms with E-state index >= 15 is 0 Å². The van der Waals surface area contributed by atoms with Gasteiger partial charge in [0.2, 0.25) is 0 Å². The molecule has 1 aromatic carbocycles. The Morgan fingerprint density at radius 1 is 1.26 bits per heavy atom. The van der Waals surface area contributed by atoms with Crippen LogP contribution in [0, 0.1) is 11.8 Å². The summed E-state index contributed by atoms with van der Waals surface area (Å²) in [5.74, 6) is 3.86. The summed E-state index contributed by atoms with van der Waals surface area (Å²) in [5, 5.41) is 3.66. The lowest BCUT2D eigenvalue weighted by atomic mass is 9.84. The van der Waals surface area contributed by atoms with E-state index in [1.807, 2.05) is 0 Å². The molecule has 2 aliphatic rings. The molecule has 19 heavy (non-hydrogen) atoms. The van der Waals surface area contributed by atoms with Gasteiger partial charge in [-0.25, -0.2) is 0 Å². The number of fused-ring (bicyclic) bond motifs is 1. The van der Waals surface area contributed by atoms with Gasteiger partial charge >= 0.3 is 0 Å². The van der Waals surface area contributed by atoms with E-state index in [0.29, 0.717) is 0 Å². The van der Waals surface area contributed by atoms with E-state index in [2.05, 4.69) is 55.2 Å². The molecule has 4 atom stereocenters. The van der Waals surface area contributed by atoms with E-state index in [4.69, 9.17) is 0 Å². The molecule has 1 aliphatic carbocycles. The average Bonchev–Trinajstić information content (AvgIpc) is 2.98. The van der Waals surface area contributed by atoms with Crippen LogP contribution in [0.25, 0.3) is 0 Å². The summed E-state index contributed by atoms with van der Waals surface area (Å²) in [4.78, 5) is 1.53. The molecular formula is C17H25NS. The third kappa shape index (κ3) is 2.71. The minimum Gasteiger partial charge on any atom is -0.314 e. The Bertz CT molecular complexity index is 431. The zero-order valence-corrected chi connectivity index (χ0v) is 12.9. The molecule has 1 heterocycles. The van der Waals surface area contributed by atoms with Crippen molar-refractivity contribution in [2.24, 2.45) is 11.8 Å². The van der Waals surface area contributed by atoms with Crippen molar-refractivity contribution in [3.63, 3.8) is 0 Å². The maximum atomic E-state index is 3.66. The summed E-state index contributed by atoms with van der Waals surface area (Å²) in [6, 6.07) is 9.78. The van der Waals surface area contributed by atoms with Gasteiger partial charge in [0.15, 0.2) is 0 Å². The first-order valence-electron chi connectivity index (χ1n) is 7.74. The molecule has 0 amide bonds. The van der Waals surface area contributed by atoms with Crippen LogP contribution in [0.2, 0.25) is 0 Å². The predicted octanol–water partition coefficient (Wildman–Crippen LogP) is 4.29. The molecule has 1 nitrogen and oxygen atoms in total. The van der Waals surface area contributed by atoms with Crippen LogP contribution in [0.4, 0.5) is 0 Å². The number of hydrogen-bond acceptors (Lipinski definition) is 2. The molecule has 1 N–H and O–H groups in total. The van der Waals surface area contributed by atoms with E-state index in [0.717, 1.165) is 30.3 Å². The first-order chi connectivity index (χ1) is 9.29. The van der Waals surface area contributed by atoms with Gasteiger partial charge in [0, 0.05) is 16.7 Å². The molecule has 104 valence electrons. The highest BCUT2D eigenvalue weighted by Crippen LogP contribution is 2.46. The van der Waals surface area contributed by atoms with Crippen LogP contribution in [0.1, 0.15) is 44.6 Å². The Balaban J connectivity index is 1.64. The summed E-state index contributed by atoms with van der Waals surface area (Å²) in [5.41, 5.74) is 1.62. The van der Waals surface area contributed by atoms with Crippen LogP contribution in [0.15, 0.2) is 29.2 Å². The van der Waals surface area contributed by atoms with Crippen LogP contribution in [0.3, 0.4) is 0 Å². The van der Waals surface area contributed by atoms with E-state index < -0.39 is 0 Å². The fourth-order valence-corrected chi connectivity index (χ4v) is 5.19. The van der Waals surface area contributed by atoms with E-state index in [1.54, 1.807) is 5.56 Å². The topological polar surface area (TPSA) is 12.0 Å². The number of hydrogen-bond donors (Lipinski definition) is 1. The lowest BCUT2D eigenvalue weighted by molar-refractivity contribution is 0.327. The maximum Gasteiger partial charge on any atom is 0.0107 e. The lowest BCUT2D eigenvalue weighted by Gasteiger charge is -2.23. The lowest BCUT2D eigenvalue weighted by Crippen LogP contribution is -2.32. The highest BCUT2D eigenvalue weighted by molar-refractivity contribution is 7.99. The van der Waals surface area contributed by atoms with Crippen LogP contribution in [-0.4, -0.2) is 18.3 Å². The van der Waals surface area contributed by atoms with E-state index in [1.165, 1.54) is 29.9 Å². The summed E-state index contributed by atoms with van der Waals surface area (Å²) >= 11 is 2.06. The van der Waals surface area contributed by atoms with Gasteiger partial charge in [-0.2, -0.15) is 0 Å². The minimum absolute atomic E-state index is 0.763. The molecule has 1 saturated carbocycles. The zero-order chi connectivity index (χ0) is 13.2. The second kappa shape index (κ2) is 5.88. The summed E-state index contributed by atoms with van der Waals surface area (Å²) in [6.45, 7) is 5.80. The fourth-order valence-electron chi connectivity index (χ4n) is 3.92. The minimum atomic E-state index is 0.763. The Kier molecular flexibility index (Phi) is 4.18. The van der Waals surface area contributed by atoms with E-state index in [-0.39, 0.29) is 0 Å². The van der Waals surface area contributed by atoms with Crippen molar-refractivity contribution in [1.82, 2.24) is 5.32 Å². The molecule has 3 rings (SSSR count). The van der Waals surface area contributed by atoms with Crippen LogP contribution in [0.5, 0.6) is 0 Å². The molecule has 1 fully saturated rings. The van der Waals surface area contributed by atoms with Crippen LogP contribution >= 0.6 is 11.8 Å². The van der Waals surface area contributed by atoms with Crippen molar-refractivity contribution in [2.75, 3.05) is 12.3 Å². The molecule has 2 heteroatoms. The highest BCUT2D eigenvalue weighted by Gasteiger charge is 2.35. The maximum absolute atomic E-state index is 3.66. The monoisotopic (exact) mass is 275 g/mol. The third-order valence-electron chi connectivity index (χ3n) is 5.08. The first-order valence-corrected chi connectivity index (χ1v) is 8.73. The molecule has 1 aliphatic heterocycles. The van der Waals surface area contributed by atoms with Gasteiger partial charge in [0.1, 0.15) is 0 Å². The normalized spacial score (nSPS) is 33.6. The van der Waals surface area contributed by atoms with Gasteiger partial charge in [0.25, 0.3) is 0 Å². The smallest absolute Gasteiger partial charge is 0.0107 e. The Hall–Kier alpha value is -0.470. The molecule has 4 unspecified atom stereocenters. The van der Waals surface area contributed by atoms with Crippen molar-refractivity contribution in [3.8, 4) is 0 Å². The second-order valence-corrected chi connectivity index (χ2v) is 7.20. The van der Waals surface area contributed by atoms with Crippen molar-refractivity contribution in [2.45, 2.75) is 50.0 Å². The van der Waals surface area contributed by atoms with Gasteiger partial charge < -0.3 is 5.32 Å². The summed E-state index contributed by atoms with van der Waals surface area (Å²) in [7, 11) is 0. The predicted molar refractivity (Wildman–Crippen MR) is 83.9 cm³/mol. The van der Waals surface area contributed by atoms with Crippen LogP contribution in [-0.2, 0) is 0 Å². The SMILES string of the molecule is CCNC1CCC(CC2CSc3ccccc32)C1C. The Morgan fingerprint density at radius 3 is 2.95 bits per heavy atom. The van der Waals surface area contributed by atoms with Gasteiger partial charge in [-0.3, -0.25) is 0 Å². The standard InChI is InChI=1S/C17H25NS/c1-3-18-16-9-8-13(12(16)2)10-14-11-19-17-7-5-4-6-15(14)17/h4-7,12-14,16,18H,3,8-11H2,1-2H3. The molecule has 0 saturated heterocycles. The molecule has 1 aromatic rings. The van der Waals surface area contributed by atoms with Gasteiger partial charge in [-0.15, -0.1) is 11.8 Å². The Labute approximate surface area is 121 Å². The first kappa shape index (κ1) is 13.5. The molecule has 0 bridgehead atoms. The van der Waals surface area contributed by atoms with Gasteiger partial charge in [0.05, 0.1) is 0 Å². The Morgan fingerprint density at radius 2 is 2.11 bits per heavy atom. The van der Waals surface area contributed by atoms with E-state index in [9.17, 15) is 0 Å². The summed E-state index contributed by atoms with van der Waals surface area (Å²) < 4.78 is 0. The molecular weight excluding hydrogens is 250 g/mol. The second-order valence-electron chi connectivity index (χ2n) is 6.14. The third-order valence-corrected chi connectivity index (χ3v) is 6.33. The largest absolute Gasteiger partial charge is 0.314 e. The number of rotatable bonds is 4. The number of thioether (sulfide) groups is 1.